The number of rotatable bonds is 3. The van der Waals surface area contributed by atoms with Gasteiger partial charge < -0.3 is 0 Å². The van der Waals surface area contributed by atoms with Gasteiger partial charge in [0, 0.05) is 21.7 Å². The number of anilines is 1. The summed E-state index contributed by atoms with van der Waals surface area (Å²) < 4.78 is 0. The van der Waals surface area contributed by atoms with Crippen molar-refractivity contribution in [3.63, 3.8) is 0 Å². The molecule has 1 heterocycles. The van der Waals surface area contributed by atoms with Crippen LogP contribution >= 0.6 is 23.4 Å². The minimum absolute atomic E-state index is 0.409. The Morgan fingerprint density at radius 3 is 2.65 bits per heavy atom. The van der Waals surface area contributed by atoms with E-state index in [0.29, 0.717) is 5.95 Å². The summed E-state index contributed by atoms with van der Waals surface area (Å²) >= 11 is 7.38. The summed E-state index contributed by atoms with van der Waals surface area (Å²) in [6.45, 7) is 1.96. The van der Waals surface area contributed by atoms with Gasteiger partial charge >= 0.3 is 0 Å². The van der Waals surface area contributed by atoms with Crippen LogP contribution in [0.1, 0.15) is 5.56 Å². The van der Waals surface area contributed by atoms with Crippen molar-refractivity contribution < 1.29 is 0 Å². The summed E-state index contributed by atoms with van der Waals surface area (Å²) in [6.07, 6.45) is 1.74. The molecule has 0 radical (unpaired) electrons. The number of nitrogen functional groups attached to an aromatic ring is 1. The number of halogens is 1. The summed E-state index contributed by atoms with van der Waals surface area (Å²) in [7, 11) is 0. The highest BCUT2D eigenvalue weighted by molar-refractivity contribution is 7.99. The molecule has 0 unspecified atom stereocenters. The summed E-state index contributed by atoms with van der Waals surface area (Å²) in [5.41, 5.74) is 3.44. The Labute approximate surface area is 109 Å². The number of hydrogen-bond donors (Lipinski definition) is 2. The van der Waals surface area contributed by atoms with Crippen molar-refractivity contribution in [3.8, 4) is 0 Å². The molecule has 0 aliphatic heterocycles. The molecule has 4 nitrogen and oxygen atoms in total. The Kier molecular flexibility index (Phi) is 3.83. The van der Waals surface area contributed by atoms with E-state index in [-0.39, 0.29) is 0 Å². The molecule has 0 amide bonds. The van der Waals surface area contributed by atoms with E-state index >= 15 is 0 Å². The molecule has 1 aromatic heterocycles. The molecule has 0 atom stereocenters. The van der Waals surface area contributed by atoms with Gasteiger partial charge in [0.1, 0.15) is 5.03 Å². The molecular weight excluding hydrogens is 256 g/mol. The van der Waals surface area contributed by atoms with Gasteiger partial charge in [-0.3, -0.25) is 5.43 Å². The maximum atomic E-state index is 5.83. The van der Waals surface area contributed by atoms with Gasteiger partial charge in [-0.2, -0.15) is 0 Å². The average Bonchev–Trinajstić information content (AvgIpc) is 2.35. The van der Waals surface area contributed by atoms with E-state index in [2.05, 4.69) is 15.4 Å². The van der Waals surface area contributed by atoms with Crippen LogP contribution in [0.2, 0.25) is 5.02 Å². The summed E-state index contributed by atoms with van der Waals surface area (Å²) in [4.78, 5) is 9.39. The number of hydrazine groups is 1. The van der Waals surface area contributed by atoms with E-state index in [0.717, 1.165) is 20.5 Å². The molecule has 17 heavy (non-hydrogen) atoms. The average molecular weight is 267 g/mol. The second-order valence-corrected chi connectivity index (χ2v) is 4.88. The van der Waals surface area contributed by atoms with Crippen LogP contribution in [0.3, 0.4) is 0 Å². The fourth-order valence-corrected chi connectivity index (χ4v) is 2.18. The van der Waals surface area contributed by atoms with Crippen LogP contribution in [0.25, 0.3) is 0 Å². The Balaban J connectivity index is 2.25. The monoisotopic (exact) mass is 266 g/mol. The number of nitrogens with two attached hydrogens (primary N) is 1. The van der Waals surface area contributed by atoms with Crippen molar-refractivity contribution in [1.82, 2.24) is 9.97 Å². The third kappa shape index (κ3) is 3.09. The van der Waals surface area contributed by atoms with Crippen molar-refractivity contribution in [1.29, 1.82) is 0 Å². The topological polar surface area (TPSA) is 63.8 Å². The molecule has 2 aromatic rings. The lowest BCUT2D eigenvalue weighted by Crippen LogP contribution is -2.10. The summed E-state index contributed by atoms with van der Waals surface area (Å²) in [6, 6.07) is 7.60. The lowest BCUT2D eigenvalue weighted by Gasteiger charge is -2.06. The van der Waals surface area contributed by atoms with Gasteiger partial charge in [-0.15, -0.1) is 0 Å². The fraction of sp³-hybridized carbons (Fsp3) is 0.0909. The Hall–Kier alpha value is -1.30. The van der Waals surface area contributed by atoms with Crippen LogP contribution in [-0.2, 0) is 0 Å². The largest absolute Gasteiger partial charge is 0.292 e. The van der Waals surface area contributed by atoms with E-state index in [1.54, 1.807) is 18.0 Å². The number of benzene rings is 1. The molecule has 0 saturated carbocycles. The van der Waals surface area contributed by atoms with Crippen LogP contribution in [-0.4, -0.2) is 9.97 Å². The van der Waals surface area contributed by atoms with Gasteiger partial charge in [0.25, 0.3) is 0 Å². The third-order valence-corrected chi connectivity index (χ3v) is 3.45. The lowest BCUT2D eigenvalue weighted by molar-refractivity contribution is 0.992. The smallest absolute Gasteiger partial charge is 0.238 e. The SMILES string of the molecule is Cc1cnc(NN)nc1Sc1ccc(Cl)cc1. The molecule has 0 aliphatic carbocycles. The predicted octanol–water partition coefficient (Wildman–Crippen LogP) is 2.88. The first-order valence-corrected chi connectivity index (χ1v) is 6.12. The third-order valence-electron chi connectivity index (χ3n) is 2.08. The van der Waals surface area contributed by atoms with Gasteiger partial charge in [0.05, 0.1) is 0 Å². The van der Waals surface area contributed by atoms with Gasteiger partial charge in [-0.1, -0.05) is 23.4 Å². The number of nitrogens with zero attached hydrogens (tertiary/aromatic N) is 2. The zero-order valence-corrected chi connectivity index (χ0v) is 10.7. The minimum atomic E-state index is 0.409. The second-order valence-electron chi connectivity index (χ2n) is 3.38. The van der Waals surface area contributed by atoms with Crippen molar-refractivity contribution in [2.75, 3.05) is 5.43 Å². The van der Waals surface area contributed by atoms with Crippen LogP contribution in [0.4, 0.5) is 5.95 Å². The summed E-state index contributed by atoms with van der Waals surface area (Å²) in [5.74, 6) is 5.69. The Bertz CT molecular complexity index is 515. The molecule has 3 N–H and O–H groups in total. The maximum Gasteiger partial charge on any atom is 0.238 e. The molecule has 1 aromatic carbocycles. The van der Waals surface area contributed by atoms with E-state index in [9.17, 15) is 0 Å². The molecule has 0 saturated heterocycles. The van der Waals surface area contributed by atoms with Crippen molar-refractivity contribution in [3.05, 3.63) is 41.0 Å². The van der Waals surface area contributed by atoms with Crippen molar-refractivity contribution in [2.24, 2.45) is 5.84 Å². The van der Waals surface area contributed by atoms with E-state index in [4.69, 9.17) is 17.4 Å². The number of nitrogens with one attached hydrogen (secondary N) is 1. The molecule has 0 spiro atoms. The summed E-state index contributed by atoms with van der Waals surface area (Å²) in [5, 5.41) is 1.59. The van der Waals surface area contributed by atoms with Crippen molar-refractivity contribution >= 4 is 29.3 Å². The van der Waals surface area contributed by atoms with Crippen LogP contribution in [0, 0.1) is 6.92 Å². The van der Waals surface area contributed by atoms with Gasteiger partial charge in [0.15, 0.2) is 0 Å². The van der Waals surface area contributed by atoms with Gasteiger partial charge in [-0.25, -0.2) is 15.8 Å². The first-order chi connectivity index (χ1) is 8.19. The molecule has 6 heteroatoms. The molecule has 2 rings (SSSR count). The number of aryl methyl sites for hydroxylation is 1. The predicted molar refractivity (Wildman–Crippen MR) is 70.2 cm³/mol. The molecule has 0 fully saturated rings. The van der Waals surface area contributed by atoms with Crippen LogP contribution < -0.4 is 11.3 Å². The highest BCUT2D eigenvalue weighted by Crippen LogP contribution is 2.29. The fourth-order valence-electron chi connectivity index (χ4n) is 1.21. The van der Waals surface area contributed by atoms with Crippen LogP contribution in [0.15, 0.2) is 40.4 Å². The molecule has 0 bridgehead atoms. The van der Waals surface area contributed by atoms with E-state index in [1.807, 2.05) is 31.2 Å². The first-order valence-electron chi connectivity index (χ1n) is 4.92. The lowest BCUT2D eigenvalue weighted by atomic mass is 10.4. The van der Waals surface area contributed by atoms with Crippen molar-refractivity contribution in [2.45, 2.75) is 16.8 Å². The highest BCUT2D eigenvalue weighted by atomic mass is 35.5. The van der Waals surface area contributed by atoms with Gasteiger partial charge in [0.2, 0.25) is 5.95 Å². The van der Waals surface area contributed by atoms with Gasteiger partial charge in [-0.05, 0) is 31.2 Å². The number of hydrogen-bond acceptors (Lipinski definition) is 5. The Morgan fingerprint density at radius 1 is 1.29 bits per heavy atom. The zero-order valence-electron chi connectivity index (χ0n) is 9.14. The number of aromatic nitrogens is 2. The molecule has 0 aliphatic rings. The van der Waals surface area contributed by atoms with E-state index in [1.165, 1.54) is 0 Å². The Morgan fingerprint density at radius 2 is 2.00 bits per heavy atom. The standard InChI is InChI=1S/C11H11ClN4S/c1-7-6-14-11(16-13)15-10(7)17-9-4-2-8(12)3-5-9/h2-6H,13H2,1H3,(H,14,15,16). The maximum absolute atomic E-state index is 5.83. The van der Waals surface area contributed by atoms with E-state index < -0.39 is 0 Å². The minimum Gasteiger partial charge on any atom is -0.292 e. The second kappa shape index (κ2) is 5.35. The van der Waals surface area contributed by atoms with Crippen LogP contribution in [0.5, 0.6) is 0 Å². The zero-order chi connectivity index (χ0) is 12.3. The molecular formula is C11H11ClN4S. The first kappa shape index (κ1) is 12.2. The normalized spacial score (nSPS) is 10.3. The molecule has 88 valence electrons. The highest BCUT2D eigenvalue weighted by Gasteiger charge is 2.05. The quantitative estimate of drug-likeness (QED) is 0.508.